The number of ether oxygens (including phenoxy) is 1. The molecule has 0 saturated carbocycles. The molecule has 0 aromatic carbocycles. The van der Waals surface area contributed by atoms with E-state index in [0.29, 0.717) is 0 Å². The van der Waals surface area contributed by atoms with Gasteiger partial charge >= 0.3 is 0 Å². The highest BCUT2D eigenvalue weighted by Gasteiger charge is 2.54. The molecule has 2 aliphatic heterocycles. The van der Waals surface area contributed by atoms with E-state index in [1.165, 1.54) is 0 Å². The number of alkyl halides is 1. The highest BCUT2D eigenvalue weighted by molar-refractivity contribution is 14.1. The molecule has 2 unspecified atom stereocenters. The Morgan fingerprint density at radius 3 is 3.08 bits per heavy atom. The lowest BCUT2D eigenvalue weighted by Crippen LogP contribution is -2.56. The Hall–Kier alpha value is 0.675. The Bertz CT molecular complexity index is 194. The Kier molecular flexibility index (Phi) is 2.40. The maximum absolute atomic E-state index is 9.96. The van der Waals surface area contributed by atoms with Crippen LogP contribution in [0, 0.1) is 5.92 Å². The first kappa shape index (κ1) is 9.24. The monoisotopic (exact) mass is 281 g/mol. The molecule has 4 atom stereocenters. The predicted octanol–water partition coefficient (Wildman–Crippen LogP) is -1.27. The zero-order valence-corrected chi connectivity index (χ0v) is 9.24. The van der Waals surface area contributed by atoms with Gasteiger partial charge in [0, 0.05) is 29.4 Å². The van der Waals surface area contributed by atoms with Crippen molar-refractivity contribution in [1.29, 1.82) is 0 Å². The molecule has 2 rings (SSSR count). The van der Waals surface area contributed by atoms with Crippen molar-refractivity contribution in [2.45, 2.75) is 17.7 Å². The molecule has 2 heterocycles. The predicted molar refractivity (Wildman–Crippen MR) is 57.4 cm³/mol. The summed E-state index contributed by atoms with van der Waals surface area (Å²) in [5.74, 6) is 0.286. The average Bonchev–Trinajstić information content (AvgIpc) is 2.23. The SMILES string of the molecule is B[C@@H]1O[C@]2(CI)CNCC1C2O. The van der Waals surface area contributed by atoms with E-state index >= 15 is 0 Å². The lowest BCUT2D eigenvalue weighted by atomic mass is 9.80. The summed E-state index contributed by atoms with van der Waals surface area (Å²) in [5.41, 5.74) is -0.303. The van der Waals surface area contributed by atoms with Crippen molar-refractivity contribution < 1.29 is 9.84 Å². The van der Waals surface area contributed by atoms with E-state index in [2.05, 4.69) is 35.8 Å². The second kappa shape index (κ2) is 3.11. The molecular formula is C7H13BINO2. The van der Waals surface area contributed by atoms with Gasteiger partial charge in [0.15, 0.2) is 0 Å². The summed E-state index contributed by atoms with van der Waals surface area (Å²) in [5, 5.41) is 13.3. The second-order valence-corrected chi connectivity index (χ2v) is 4.52. The fourth-order valence-electron chi connectivity index (χ4n) is 2.21. The van der Waals surface area contributed by atoms with Gasteiger partial charge in [0.1, 0.15) is 13.4 Å². The van der Waals surface area contributed by atoms with Gasteiger partial charge in [-0.05, 0) is 0 Å². The molecule has 0 amide bonds. The molecule has 2 fully saturated rings. The van der Waals surface area contributed by atoms with Crippen LogP contribution in [-0.2, 0) is 4.74 Å². The number of halogens is 1. The molecule has 68 valence electrons. The maximum atomic E-state index is 9.96. The topological polar surface area (TPSA) is 41.5 Å². The molecule has 2 bridgehead atoms. The molecule has 12 heavy (non-hydrogen) atoms. The standard InChI is InChI=1S/C7H13BINO2/c8-6-4-1-10-3-7(2-9,12-6)5(4)11/h4-6,10-11H,1-3,8H2/t4?,5?,6-,7-/m1/s1. The van der Waals surface area contributed by atoms with E-state index in [-0.39, 0.29) is 23.6 Å². The van der Waals surface area contributed by atoms with Crippen LogP contribution in [0.1, 0.15) is 0 Å². The van der Waals surface area contributed by atoms with Crippen LogP contribution in [-0.4, -0.2) is 48.2 Å². The van der Waals surface area contributed by atoms with Crippen LogP contribution in [0.25, 0.3) is 0 Å². The summed E-state index contributed by atoms with van der Waals surface area (Å²) in [7, 11) is 2.05. The van der Waals surface area contributed by atoms with Crippen molar-refractivity contribution in [3.8, 4) is 0 Å². The molecule has 3 nitrogen and oxygen atoms in total. The van der Waals surface area contributed by atoms with E-state index in [1.807, 2.05) is 0 Å². The number of piperidine rings is 1. The zero-order chi connectivity index (χ0) is 8.77. The summed E-state index contributed by atoms with van der Waals surface area (Å²) in [6.07, 6.45) is -0.273. The quantitative estimate of drug-likeness (QED) is 0.358. The zero-order valence-electron chi connectivity index (χ0n) is 7.09. The lowest BCUT2D eigenvalue weighted by Gasteiger charge is -2.35. The van der Waals surface area contributed by atoms with E-state index in [4.69, 9.17) is 4.74 Å². The van der Waals surface area contributed by atoms with Crippen LogP contribution in [0.2, 0.25) is 0 Å². The number of fused-ring (bicyclic) bond motifs is 2. The van der Waals surface area contributed by atoms with Crippen molar-refractivity contribution in [3.05, 3.63) is 0 Å². The van der Waals surface area contributed by atoms with Crippen LogP contribution in [0.5, 0.6) is 0 Å². The number of nitrogens with one attached hydrogen (secondary N) is 1. The van der Waals surface area contributed by atoms with Crippen LogP contribution >= 0.6 is 22.6 Å². The average molecular weight is 281 g/mol. The first-order chi connectivity index (χ1) is 5.69. The van der Waals surface area contributed by atoms with Crippen molar-refractivity contribution in [2.24, 2.45) is 5.92 Å². The van der Waals surface area contributed by atoms with Gasteiger partial charge in [0.25, 0.3) is 0 Å². The number of hydrogen-bond acceptors (Lipinski definition) is 3. The minimum Gasteiger partial charge on any atom is -0.390 e. The van der Waals surface area contributed by atoms with Crippen LogP contribution in [0.3, 0.4) is 0 Å². The molecule has 2 aliphatic rings. The van der Waals surface area contributed by atoms with Gasteiger partial charge in [0.05, 0.1) is 6.10 Å². The van der Waals surface area contributed by atoms with Gasteiger partial charge in [0.2, 0.25) is 0 Å². The molecule has 5 heteroatoms. The van der Waals surface area contributed by atoms with E-state index in [1.54, 1.807) is 0 Å². The fourth-order valence-corrected chi connectivity index (χ4v) is 3.11. The van der Waals surface area contributed by atoms with Crippen molar-refractivity contribution in [2.75, 3.05) is 17.5 Å². The smallest absolute Gasteiger partial charge is 0.139 e. The van der Waals surface area contributed by atoms with Crippen LogP contribution in [0.4, 0.5) is 0 Å². The van der Waals surface area contributed by atoms with Crippen LogP contribution < -0.4 is 5.32 Å². The highest BCUT2D eigenvalue weighted by atomic mass is 127. The normalized spacial score (nSPS) is 52.7. The summed E-state index contributed by atoms with van der Waals surface area (Å²) in [6, 6.07) is 0.199. The third-order valence-corrected chi connectivity index (χ3v) is 4.29. The van der Waals surface area contributed by atoms with E-state index in [9.17, 15) is 5.11 Å². The third-order valence-electron chi connectivity index (χ3n) is 3.00. The minimum absolute atomic E-state index is 0.199. The van der Waals surface area contributed by atoms with Gasteiger partial charge < -0.3 is 15.2 Å². The molecule has 0 aliphatic carbocycles. The maximum Gasteiger partial charge on any atom is 0.139 e. The van der Waals surface area contributed by atoms with Crippen LogP contribution in [0.15, 0.2) is 0 Å². The molecule has 0 aromatic heterocycles. The fraction of sp³-hybridized carbons (Fsp3) is 1.00. The van der Waals surface area contributed by atoms with Gasteiger partial charge in [-0.15, -0.1) is 0 Å². The lowest BCUT2D eigenvalue weighted by molar-refractivity contribution is -0.0509. The van der Waals surface area contributed by atoms with E-state index in [0.717, 1.165) is 17.5 Å². The summed E-state index contributed by atoms with van der Waals surface area (Å²) >= 11 is 2.29. The minimum atomic E-state index is -0.303. The van der Waals surface area contributed by atoms with Gasteiger partial charge in [-0.2, -0.15) is 0 Å². The number of rotatable bonds is 1. The second-order valence-electron chi connectivity index (χ2n) is 3.76. The molecular weight excluding hydrogens is 268 g/mol. The third kappa shape index (κ3) is 1.13. The molecule has 2 N–H and O–H groups in total. The Labute approximate surface area is 86.8 Å². The summed E-state index contributed by atoms with van der Waals surface area (Å²) in [4.78, 5) is 0. The Balaban J connectivity index is 2.24. The van der Waals surface area contributed by atoms with Gasteiger partial charge in [-0.25, -0.2) is 0 Å². The van der Waals surface area contributed by atoms with Gasteiger partial charge in [-0.3, -0.25) is 0 Å². The largest absolute Gasteiger partial charge is 0.390 e. The van der Waals surface area contributed by atoms with Crippen molar-refractivity contribution >= 4 is 30.4 Å². The summed E-state index contributed by atoms with van der Waals surface area (Å²) in [6.45, 7) is 1.68. The molecule has 0 spiro atoms. The van der Waals surface area contributed by atoms with Crippen molar-refractivity contribution in [1.82, 2.24) is 5.32 Å². The molecule has 0 radical (unpaired) electrons. The summed E-state index contributed by atoms with van der Waals surface area (Å²) < 4.78 is 6.68. The molecule has 2 saturated heterocycles. The first-order valence-corrected chi connectivity index (χ1v) is 5.85. The Morgan fingerprint density at radius 2 is 2.50 bits per heavy atom. The first-order valence-electron chi connectivity index (χ1n) is 4.32. The van der Waals surface area contributed by atoms with Gasteiger partial charge in [-0.1, -0.05) is 22.6 Å². The Morgan fingerprint density at radius 1 is 1.75 bits per heavy atom. The number of aliphatic hydroxyl groups is 1. The van der Waals surface area contributed by atoms with Crippen molar-refractivity contribution in [3.63, 3.8) is 0 Å². The number of hydrogen-bond donors (Lipinski definition) is 2. The highest BCUT2D eigenvalue weighted by Crippen LogP contribution is 2.37. The number of aliphatic hydroxyl groups excluding tert-OH is 1. The van der Waals surface area contributed by atoms with E-state index < -0.39 is 0 Å². The molecule has 0 aromatic rings.